The summed E-state index contributed by atoms with van der Waals surface area (Å²) >= 11 is 0. The predicted octanol–water partition coefficient (Wildman–Crippen LogP) is 1.83. The number of nitroso groups, excluding NO2 is 1. The van der Waals surface area contributed by atoms with Crippen LogP contribution in [-0.4, -0.2) is 20.6 Å². The molecule has 0 radical (unpaired) electrons. The first kappa shape index (κ1) is 11.8. The van der Waals surface area contributed by atoms with Gasteiger partial charge in [-0.3, -0.25) is 0 Å². The van der Waals surface area contributed by atoms with E-state index < -0.39 is 0 Å². The first-order chi connectivity index (χ1) is 6.35. The van der Waals surface area contributed by atoms with Gasteiger partial charge in [-0.25, -0.2) is 0 Å². The zero-order valence-electron chi connectivity index (χ0n) is 8.16. The lowest BCUT2D eigenvalue weighted by atomic mass is 10.2. The van der Waals surface area contributed by atoms with Crippen molar-refractivity contribution in [1.82, 2.24) is 5.32 Å². The topological polar surface area (TPSA) is 41.5 Å². The molecule has 0 amide bonds. The molecular formula is C10H16N2O. The molecule has 1 N–H and O–H groups in total. The maximum atomic E-state index is 8.56. The van der Waals surface area contributed by atoms with Crippen molar-refractivity contribution in [2.45, 2.75) is 6.42 Å². The molecule has 72 valence electrons. The molecule has 3 nitrogen and oxygen atoms in total. The van der Waals surface area contributed by atoms with Crippen LogP contribution in [0.25, 0.3) is 0 Å². The van der Waals surface area contributed by atoms with Gasteiger partial charge in [0.2, 0.25) is 0 Å². The Balaban J connectivity index is 0.000000424. The van der Waals surface area contributed by atoms with Crippen molar-refractivity contribution >= 4 is 0 Å². The summed E-state index contributed by atoms with van der Waals surface area (Å²) in [6.45, 7) is 1.06. The van der Waals surface area contributed by atoms with Crippen LogP contribution in [0.5, 0.6) is 0 Å². The van der Waals surface area contributed by atoms with Gasteiger partial charge in [0.1, 0.15) is 0 Å². The zero-order valence-corrected chi connectivity index (χ0v) is 8.16. The number of nitrogens with one attached hydrogen (secondary N) is 1. The largest absolute Gasteiger partial charge is 0.319 e. The van der Waals surface area contributed by atoms with Crippen molar-refractivity contribution in [2.75, 3.05) is 20.6 Å². The Morgan fingerprint density at radius 3 is 2.31 bits per heavy atom. The van der Waals surface area contributed by atoms with E-state index in [1.165, 1.54) is 12.6 Å². The summed E-state index contributed by atoms with van der Waals surface area (Å²) in [6.07, 6.45) is 1.12. The minimum absolute atomic E-state index is 1.06. The van der Waals surface area contributed by atoms with Gasteiger partial charge in [-0.05, 0) is 25.6 Å². The average molecular weight is 180 g/mol. The molecular weight excluding hydrogens is 164 g/mol. The lowest BCUT2D eigenvalue weighted by molar-refractivity contribution is 0.792. The highest BCUT2D eigenvalue weighted by Crippen LogP contribution is 1.97. The molecule has 0 unspecified atom stereocenters. The number of likely N-dealkylation sites (N-methyl/N-ethyl adjacent to an activating group) is 1. The molecule has 0 aromatic heterocycles. The molecule has 1 aromatic carbocycles. The molecule has 0 bridgehead atoms. The highest BCUT2D eigenvalue weighted by molar-refractivity contribution is 5.14. The summed E-state index contributed by atoms with van der Waals surface area (Å²) in [6, 6.07) is 10.5. The van der Waals surface area contributed by atoms with E-state index in [1.807, 2.05) is 13.1 Å². The summed E-state index contributed by atoms with van der Waals surface area (Å²) in [4.78, 5) is 8.56. The third kappa shape index (κ3) is 7.15. The van der Waals surface area contributed by atoms with Crippen molar-refractivity contribution in [1.29, 1.82) is 0 Å². The first-order valence-corrected chi connectivity index (χ1v) is 4.25. The summed E-state index contributed by atoms with van der Waals surface area (Å²) in [5, 5.41) is 5.37. The van der Waals surface area contributed by atoms with Gasteiger partial charge in [0.25, 0.3) is 0 Å². The third-order valence-electron chi connectivity index (χ3n) is 1.51. The molecule has 1 aromatic rings. The Bertz CT molecular complexity index is 211. The molecule has 0 atom stereocenters. The fraction of sp³-hybridized carbons (Fsp3) is 0.400. The maximum absolute atomic E-state index is 8.56. The Morgan fingerprint density at radius 2 is 1.85 bits per heavy atom. The van der Waals surface area contributed by atoms with Crippen LogP contribution in [0.2, 0.25) is 0 Å². The second-order valence-corrected chi connectivity index (χ2v) is 2.52. The van der Waals surface area contributed by atoms with Gasteiger partial charge >= 0.3 is 0 Å². The van der Waals surface area contributed by atoms with Crippen LogP contribution < -0.4 is 5.32 Å². The smallest absolute Gasteiger partial charge is 0.0700 e. The van der Waals surface area contributed by atoms with Crippen LogP contribution in [0.15, 0.2) is 35.5 Å². The lowest BCUT2D eigenvalue weighted by Crippen LogP contribution is -2.09. The van der Waals surface area contributed by atoms with Crippen molar-refractivity contribution in [3.8, 4) is 0 Å². The molecule has 0 saturated heterocycles. The lowest BCUT2D eigenvalue weighted by Gasteiger charge is -1.97. The first-order valence-electron chi connectivity index (χ1n) is 4.25. The van der Waals surface area contributed by atoms with Crippen LogP contribution in [0.1, 0.15) is 5.56 Å². The summed E-state index contributed by atoms with van der Waals surface area (Å²) in [7, 11) is 3.17. The maximum Gasteiger partial charge on any atom is 0.0700 e. The number of hydrogen-bond donors (Lipinski definition) is 1. The number of benzene rings is 1. The van der Waals surface area contributed by atoms with E-state index in [1.54, 1.807) is 0 Å². The highest BCUT2D eigenvalue weighted by Gasteiger charge is 1.86. The van der Waals surface area contributed by atoms with Gasteiger partial charge in [0.05, 0.1) is 7.05 Å². The monoisotopic (exact) mass is 180 g/mol. The van der Waals surface area contributed by atoms with Gasteiger partial charge < -0.3 is 5.32 Å². The Kier molecular flexibility index (Phi) is 8.04. The van der Waals surface area contributed by atoms with Crippen molar-refractivity contribution < 1.29 is 0 Å². The van der Waals surface area contributed by atoms with Crippen molar-refractivity contribution in [3.63, 3.8) is 0 Å². The average Bonchev–Trinajstić information content (AvgIpc) is 2.18. The van der Waals surface area contributed by atoms with Gasteiger partial charge in [0, 0.05) is 0 Å². The number of hydrogen-bond acceptors (Lipinski definition) is 3. The minimum Gasteiger partial charge on any atom is -0.319 e. The molecule has 0 aliphatic carbocycles. The van der Waals surface area contributed by atoms with Gasteiger partial charge in [-0.15, -0.1) is 0 Å². The van der Waals surface area contributed by atoms with Gasteiger partial charge in [-0.2, -0.15) is 4.91 Å². The fourth-order valence-electron chi connectivity index (χ4n) is 0.914. The second kappa shape index (κ2) is 8.87. The molecule has 0 heterocycles. The standard InChI is InChI=1S/C9H13N.CH3NO/c1-10-8-7-9-5-3-2-4-6-9;1-2-3/h2-6,10H,7-8H2,1H3;1H3. The van der Waals surface area contributed by atoms with Crippen molar-refractivity contribution in [2.24, 2.45) is 5.18 Å². The van der Waals surface area contributed by atoms with Crippen LogP contribution in [0, 0.1) is 4.91 Å². The van der Waals surface area contributed by atoms with E-state index in [0.717, 1.165) is 13.0 Å². The van der Waals surface area contributed by atoms with Gasteiger partial charge in [0.15, 0.2) is 0 Å². The normalized spacial score (nSPS) is 8.46. The summed E-state index contributed by atoms with van der Waals surface area (Å²) in [5.74, 6) is 0. The van der Waals surface area contributed by atoms with E-state index in [2.05, 4.69) is 34.8 Å². The number of nitrogens with zero attached hydrogens (tertiary/aromatic N) is 1. The molecule has 0 aliphatic heterocycles. The third-order valence-corrected chi connectivity index (χ3v) is 1.51. The quantitative estimate of drug-likeness (QED) is 0.721. The zero-order chi connectivity index (χ0) is 9.94. The highest BCUT2D eigenvalue weighted by atomic mass is 16.2. The summed E-state index contributed by atoms with van der Waals surface area (Å²) < 4.78 is 0. The van der Waals surface area contributed by atoms with Crippen molar-refractivity contribution in [3.05, 3.63) is 40.8 Å². The van der Waals surface area contributed by atoms with E-state index >= 15 is 0 Å². The predicted molar refractivity (Wildman–Crippen MR) is 55.8 cm³/mol. The van der Waals surface area contributed by atoms with Crippen LogP contribution >= 0.6 is 0 Å². The Morgan fingerprint density at radius 1 is 1.31 bits per heavy atom. The van der Waals surface area contributed by atoms with E-state index in [0.29, 0.717) is 0 Å². The molecule has 1 rings (SSSR count). The molecule has 0 fully saturated rings. The minimum atomic E-state index is 1.06. The molecule has 0 saturated carbocycles. The summed E-state index contributed by atoms with van der Waals surface area (Å²) in [5.41, 5.74) is 1.40. The van der Waals surface area contributed by atoms with E-state index in [-0.39, 0.29) is 0 Å². The van der Waals surface area contributed by atoms with Gasteiger partial charge in [-0.1, -0.05) is 35.5 Å². The van der Waals surface area contributed by atoms with E-state index in [4.69, 9.17) is 4.91 Å². The van der Waals surface area contributed by atoms with Crippen LogP contribution in [-0.2, 0) is 6.42 Å². The molecule has 13 heavy (non-hydrogen) atoms. The molecule has 3 heteroatoms. The molecule has 0 aliphatic rings. The van der Waals surface area contributed by atoms with Crippen LogP contribution in [0.3, 0.4) is 0 Å². The SMILES string of the molecule is CN=O.CNCCc1ccccc1. The molecule has 0 spiro atoms. The fourth-order valence-corrected chi connectivity index (χ4v) is 0.914. The van der Waals surface area contributed by atoms with Crippen LogP contribution in [0.4, 0.5) is 0 Å². The number of rotatable bonds is 3. The van der Waals surface area contributed by atoms with E-state index in [9.17, 15) is 0 Å². The second-order valence-electron chi connectivity index (χ2n) is 2.52. The Labute approximate surface area is 79.1 Å². The Hall–Kier alpha value is -1.22.